The Bertz CT molecular complexity index is 380. The summed E-state index contributed by atoms with van der Waals surface area (Å²) in [4.78, 5) is 10.4. The van der Waals surface area contributed by atoms with Crippen LogP contribution in [0.25, 0.3) is 0 Å². The molecular weight excluding hydrogens is 316 g/mol. The molecule has 76 valence electrons. The topological polar surface area (TPSA) is 63.1 Å². The van der Waals surface area contributed by atoms with E-state index in [4.69, 9.17) is 5.11 Å². The summed E-state index contributed by atoms with van der Waals surface area (Å²) in [5.41, 5.74) is -1.69. The lowest BCUT2D eigenvalue weighted by molar-refractivity contribution is -0.141. The lowest BCUT2D eigenvalue weighted by atomic mass is 10.3. The first kappa shape index (κ1) is 11.1. The van der Waals surface area contributed by atoms with Crippen LogP contribution in [0.1, 0.15) is 16.2 Å². The van der Waals surface area contributed by atoms with Gasteiger partial charge in [-0.3, -0.25) is 0 Å². The van der Waals surface area contributed by atoms with Gasteiger partial charge in [-0.15, -0.1) is 10.2 Å². The summed E-state index contributed by atoms with van der Waals surface area (Å²) < 4.78 is 36.0. The van der Waals surface area contributed by atoms with Crippen molar-refractivity contribution in [2.75, 3.05) is 0 Å². The summed E-state index contributed by atoms with van der Waals surface area (Å²) >= 11 is 1.46. The number of carbonyl (C=O) groups is 1. The predicted octanol–water partition coefficient (Wildman–Crippen LogP) is 1.80. The maximum Gasteiger partial charge on any atom is 0.435 e. The monoisotopic (exact) mass is 318 g/mol. The molecule has 0 aliphatic carbocycles. The zero-order valence-electron chi connectivity index (χ0n) is 6.34. The number of nitrogens with zero attached hydrogens (tertiary/aromatic N) is 2. The average molecular weight is 318 g/mol. The van der Waals surface area contributed by atoms with Gasteiger partial charge in [-0.1, -0.05) is 0 Å². The molecule has 0 aliphatic rings. The van der Waals surface area contributed by atoms with Crippen LogP contribution in [-0.2, 0) is 6.18 Å². The highest BCUT2D eigenvalue weighted by atomic mass is 127. The van der Waals surface area contributed by atoms with Crippen LogP contribution in [-0.4, -0.2) is 21.3 Å². The van der Waals surface area contributed by atoms with Crippen LogP contribution in [0.3, 0.4) is 0 Å². The first-order chi connectivity index (χ1) is 6.32. The molecule has 4 nitrogen and oxygen atoms in total. The minimum Gasteiger partial charge on any atom is -0.476 e. The molecular formula is C6H2F3IN2O2. The number of hydrogen-bond acceptors (Lipinski definition) is 3. The minimum atomic E-state index is -4.61. The fourth-order valence-corrected chi connectivity index (χ4v) is 1.29. The molecule has 0 saturated heterocycles. The standard InChI is InChI=1S/C6H2F3IN2O2/c7-6(8,9)3-1-2(10)4(5(13)14)12-11-3/h1H,(H,13,14). The van der Waals surface area contributed by atoms with Crippen molar-refractivity contribution >= 4 is 28.6 Å². The van der Waals surface area contributed by atoms with Crippen molar-refractivity contribution in [1.29, 1.82) is 0 Å². The molecule has 1 aromatic rings. The Kier molecular flexibility index (Phi) is 2.92. The molecule has 8 heteroatoms. The Balaban J connectivity index is 3.20. The smallest absolute Gasteiger partial charge is 0.435 e. The largest absolute Gasteiger partial charge is 0.476 e. The maximum atomic E-state index is 12.0. The van der Waals surface area contributed by atoms with E-state index in [2.05, 4.69) is 10.2 Å². The van der Waals surface area contributed by atoms with E-state index in [0.717, 1.165) is 0 Å². The molecule has 0 atom stereocenters. The maximum absolute atomic E-state index is 12.0. The number of carboxylic acids is 1. The first-order valence-corrected chi connectivity index (χ1v) is 4.24. The van der Waals surface area contributed by atoms with Crippen LogP contribution in [0.2, 0.25) is 0 Å². The Morgan fingerprint density at radius 2 is 2.00 bits per heavy atom. The van der Waals surface area contributed by atoms with E-state index in [0.29, 0.717) is 6.07 Å². The van der Waals surface area contributed by atoms with Crippen LogP contribution >= 0.6 is 22.6 Å². The van der Waals surface area contributed by atoms with Gasteiger partial charge in [0, 0.05) is 0 Å². The summed E-state index contributed by atoms with van der Waals surface area (Å²) in [5, 5.41) is 14.2. The van der Waals surface area contributed by atoms with Crippen molar-refractivity contribution in [2.45, 2.75) is 6.18 Å². The number of hydrogen-bond donors (Lipinski definition) is 1. The molecule has 1 heterocycles. The van der Waals surface area contributed by atoms with Gasteiger partial charge in [0.25, 0.3) is 0 Å². The number of aromatic carboxylic acids is 1. The second kappa shape index (κ2) is 3.67. The van der Waals surface area contributed by atoms with Crippen molar-refractivity contribution in [3.8, 4) is 0 Å². The van der Waals surface area contributed by atoms with Gasteiger partial charge in [-0.25, -0.2) is 4.79 Å². The van der Waals surface area contributed by atoms with Gasteiger partial charge in [0.15, 0.2) is 11.4 Å². The molecule has 0 spiro atoms. The van der Waals surface area contributed by atoms with Gasteiger partial charge in [0.05, 0.1) is 3.57 Å². The third kappa shape index (κ3) is 2.30. The summed E-state index contributed by atoms with van der Waals surface area (Å²) in [6, 6.07) is 0.636. The van der Waals surface area contributed by atoms with Crippen LogP contribution in [0, 0.1) is 3.57 Å². The van der Waals surface area contributed by atoms with Gasteiger partial charge < -0.3 is 5.11 Å². The molecule has 0 radical (unpaired) electrons. The van der Waals surface area contributed by atoms with E-state index in [1.807, 2.05) is 0 Å². The molecule has 1 aromatic heterocycles. The third-order valence-electron chi connectivity index (χ3n) is 1.24. The number of carboxylic acid groups (broad SMARTS) is 1. The Hall–Kier alpha value is -0.930. The van der Waals surface area contributed by atoms with E-state index in [1.54, 1.807) is 0 Å². The number of halogens is 4. The van der Waals surface area contributed by atoms with Crippen LogP contribution < -0.4 is 0 Å². The van der Waals surface area contributed by atoms with Crippen molar-refractivity contribution in [1.82, 2.24) is 10.2 Å². The van der Waals surface area contributed by atoms with Crippen LogP contribution in [0.5, 0.6) is 0 Å². The van der Waals surface area contributed by atoms with Crippen molar-refractivity contribution < 1.29 is 23.1 Å². The molecule has 1 N–H and O–H groups in total. The van der Waals surface area contributed by atoms with Gasteiger partial charge in [0.1, 0.15) is 0 Å². The van der Waals surface area contributed by atoms with E-state index in [-0.39, 0.29) is 3.57 Å². The molecule has 1 rings (SSSR count). The zero-order valence-corrected chi connectivity index (χ0v) is 8.50. The molecule has 14 heavy (non-hydrogen) atoms. The first-order valence-electron chi connectivity index (χ1n) is 3.16. The lowest BCUT2D eigenvalue weighted by Crippen LogP contribution is -2.13. The van der Waals surface area contributed by atoms with Gasteiger partial charge >= 0.3 is 12.1 Å². The van der Waals surface area contributed by atoms with E-state index >= 15 is 0 Å². The zero-order chi connectivity index (χ0) is 10.9. The van der Waals surface area contributed by atoms with Gasteiger partial charge in [-0.05, 0) is 28.7 Å². The van der Waals surface area contributed by atoms with Crippen molar-refractivity contribution in [3.63, 3.8) is 0 Å². The van der Waals surface area contributed by atoms with E-state index in [9.17, 15) is 18.0 Å². The second-order valence-corrected chi connectivity index (χ2v) is 3.39. The van der Waals surface area contributed by atoms with Gasteiger partial charge in [0.2, 0.25) is 0 Å². The second-order valence-electron chi connectivity index (χ2n) is 2.23. The molecule has 0 aliphatic heterocycles. The number of rotatable bonds is 1. The number of alkyl halides is 3. The summed E-state index contributed by atoms with van der Waals surface area (Å²) in [7, 11) is 0. The highest BCUT2D eigenvalue weighted by Crippen LogP contribution is 2.28. The minimum absolute atomic E-state index is 0.0996. The molecule has 0 bridgehead atoms. The molecule has 0 unspecified atom stereocenters. The van der Waals surface area contributed by atoms with E-state index in [1.165, 1.54) is 22.6 Å². The lowest BCUT2D eigenvalue weighted by Gasteiger charge is -2.05. The molecule has 0 fully saturated rings. The predicted molar refractivity (Wildman–Crippen MR) is 46.7 cm³/mol. The molecule has 0 amide bonds. The summed E-state index contributed by atoms with van der Waals surface area (Å²) in [6.45, 7) is 0. The fourth-order valence-electron chi connectivity index (χ4n) is 0.652. The SMILES string of the molecule is O=C(O)c1nnc(C(F)(F)F)cc1I. The average Bonchev–Trinajstić information content (AvgIpc) is 2.01. The third-order valence-corrected chi connectivity index (χ3v) is 2.06. The van der Waals surface area contributed by atoms with Crippen molar-refractivity contribution in [2.24, 2.45) is 0 Å². The highest BCUT2D eigenvalue weighted by Gasteiger charge is 2.34. The van der Waals surface area contributed by atoms with Crippen LogP contribution in [0.15, 0.2) is 6.07 Å². The Labute approximate surface area is 89.3 Å². The molecule has 0 saturated carbocycles. The summed E-state index contributed by atoms with van der Waals surface area (Å²) in [5.74, 6) is -1.41. The fraction of sp³-hybridized carbons (Fsp3) is 0.167. The van der Waals surface area contributed by atoms with Gasteiger partial charge in [-0.2, -0.15) is 13.2 Å². The quantitative estimate of drug-likeness (QED) is 0.802. The Morgan fingerprint density at radius 1 is 1.43 bits per heavy atom. The summed E-state index contributed by atoms with van der Waals surface area (Å²) in [6.07, 6.45) is -4.61. The number of aromatic nitrogens is 2. The highest BCUT2D eigenvalue weighted by molar-refractivity contribution is 14.1. The molecule has 0 aromatic carbocycles. The van der Waals surface area contributed by atoms with E-state index < -0.39 is 23.5 Å². The Morgan fingerprint density at radius 3 is 2.36 bits per heavy atom. The normalized spacial score (nSPS) is 11.4. The van der Waals surface area contributed by atoms with Crippen molar-refractivity contribution in [3.05, 3.63) is 21.0 Å². The van der Waals surface area contributed by atoms with Crippen LogP contribution in [0.4, 0.5) is 13.2 Å².